The maximum atomic E-state index is 11.9. The molecule has 0 bridgehead atoms. The van der Waals surface area contributed by atoms with E-state index in [1.807, 2.05) is 29.2 Å². The highest BCUT2D eigenvalue weighted by atomic mass is 35.5. The Hall–Kier alpha value is -1.37. The standard InChI is InChI=1S/C16H18Cl2N4OS/c1-11(17)15(23)21-6-8-22(9-7-21)16-19-14(20-24-16)10-12-2-4-13(18)5-3-12/h2-5,11H,6-10H2,1H3. The lowest BCUT2D eigenvalue weighted by atomic mass is 10.1. The molecule has 1 amide bonds. The molecule has 0 N–H and O–H groups in total. The maximum absolute atomic E-state index is 11.9. The number of alkyl halides is 1. The van der Waals surface area contributed by atoms with Crippen LogP contribution in [0.25, 0.3) is 0 Å². The molecule has 1 saturated heterocycles. The van der Waals surface area contributed by atoms with Crippen molar-refractivity contribution in [2.24, 2.45) is 0 Å². The third-order valence-electron chi connectivity index (χ3n) is 3.94. The van der Waals surface area contributed by atoms with Gasteiger partial charge in [-0.25, -0.2) is 4.98 Å². The van der Waals surface area contributed by atoms with Crippen molar-refractivity contribution in [3.8, 4) is 0 Å². The number of piperazine rings is 1. The van der Waals surface area contributed by atoms with Gasteiger partial charge >= 0.3 is 0 Å². The highest BCUT2D eigenvalue weighted by Gasteiger charge is 2.25. The van der Waals surface area contributed by atoms with Gasteiger partial charge in [0.15, 0.2) is 0 Å². The molecule has 2 heterocycles. The Bertz CT molecular complexity index is 696. The number of hydrogen-bond donors (Lipinski definition) is 0. The fourth-order valence-electron chi connectivity index (χ4n) is 2.60. The van der Waals surface area contributed by atoms with Crippen LogP contribution in [-0.4, -0.2) is 51.7 Å². The Labute approximate surface area is 155 Å². The van der Waals surface area contributed by atoms with Crippen molar-refractivity contribution in [2.45, 2.75) is 18.7 Å². The molecule has 0 aliphatic carbocycles. The summed E-state index contributed by atoms with van der Waals surface area (Å²) in [6, 6.07) is 7.72. The van der Waals surface area contributed by atoms with Crippen LogP contribution in [0.5, 0.6) is 0 Å². The SMILES string of the molecule is CC(Cl)C(=O)N1CCN(c2nc(Cc3ccc(Cl)cc3)ns2)CC1. The van der Waals surface area contributed by atoms with E-state index in [0.717, 1.165) is 34.6 Å². The Kier molecular flexibility index (Phi) is 5.58. The maximum Gasteiger partial charge on any atom is 0.240 e. The predicted molar refractivity (Wildman–Crippen MR) is 98.3 cm³/mol. The van der Waals surface area contributed by atoms with E-state index in [9.17, 15) is 4.79 Å². The molecular weight excluding hydrogens is 367 g/mol. The summed E-state index contributed by atoms with van der Waals surface area (Å²) in [5, 5.41) is 1.17. The van der Waals surface area contributed by atoms with E-state index in [4.69, 9.17) is 23.2 Å². The first kappa shape index (κ1) is 17.5. The van der Waals surface area contributed by atoms with Gasteiger partial charge in [-0.1, -0.05) is 23.7 Å². The molecule has 1 fully saturated rings. The topological polar surface area (TPSA) is 49.3 Å². The molecule has 1 aromatic carbocycles. The van der Waals surface area contributed by atoms with Crippen LogP contribution in [-0.2, 0) is 11.2 Å². The quantitative estimate of drug-likeness (QED) is 0.760. The van der Waals surface area contributed by atoms with Gasteiger partial charge < -0.3 is 9.80 Å². The van der Waals surface area contributed by atoms with Crippen LogP contribution < -0.4 is 4.90 Å². The largest absolute Gasteiger partial charge is 0.343 e. The first-order valence-corrected chi connectivity index (χ1v) is 9.36. The average Bonchev–Trinajstić information content (AvgIpc) is 3.05. The number of halogens is 2. The summed E-state index contributed by atoms with van der Waals surface area (Å²) < 4.78 is 4.45. The van der Waals surface area contributed by atoms with Crippen LogP contribution in [0.2, 0.25) is 5.02 Å². The summed E-state index contributed by atoms with van der Waals surface area (Å²) in [7, 11) is 0. The molecule has 1 aliphatic heterocycles. The molecule has 1 aromatic heterocycles. The first-order chi connectivity index (χ1) is 11.5. The molecule has 1 aliphatic rings. The highest BCUT2D eigenvalue weighted by molar-refractivity contribution is 7.09. The van der Waals surface area contributed by atoms with E-state index < -0.39 is 5.38 Å². The van der Waals surface area contributed by atoms with Crippen LogP contribution in [0.15, 0.2) is 24.3 Å². The summed E-state index contributed by atoms with van der Waals surface area (Å²) in [5.41, 5.74) is 1.13. The summed E-state index contributed by atoms with van der Waals surface area (Å²) in [6.07, 6.45) is 0.690. The number of rotatable bonds is 4. The molecule has 1 unspecified atom stereocenters. The smallest absolute Gasteiger partial charge is 0.240 e. The van der Waals surface area contributed by atoms with Crippen LogP contribution >= 0.6 is 34.7 Å². The average molecular weight is 385 g/mol. The second-order valence-electron chi connectivity index (χ2n) is 5.72. The molecule has 0 saturated carbocycles. The van der Waals surface area contributed by atoms with Gasteiger partial charge in [-0.3, -0.25) is 4.79 Å². The molecule has 5 nitrogen and oxygen atoms in total. The Morgan fingerprint density at radius 2 is 1.92 bits per heavy atom. The molecule has 2 aromatic rings. The molecule has 128 valence electrons. The van der Waals surface area contributed by atoms with E-state index >= 15 is 0 Å². The fourth-order valence-corrected chi connectivity index (χ4v) is 3.60. The van der Waals surface area contributed by atoms with E-state index in [0.29, 0.717) is 19.5 Å². The summed E-state index contributed by atoms with van der Waals surface area (Å²) in [6.45, 7) is 4.56. The van der Waals surface area contributed by atoms with E-state index in [-0.39, 0.29) is 5.91 Å². The van der Waals surface area contributed by atoms with Crippen molar-refractivity contribution in [1.82, 2.24) is 14.3 Å². The third-order valence-corrected chi connectivity index (χ3v) is 5.19. The van der Waals surface area contributed by atoms with Gasteiger partial charge in [0.25, 0.3) is 0 Å². The molecule has 0 spiro atoms. The zero-order chi connectivity index (χ0) is 17.1. The molecule has 1 atom stereocenters. The van der Waals surface area contributed by atoms with Gasteiger partial charge in [-0.15, -0.1) is 11.6 Å². The number of benzene rings is 1. The Morgan fingerprint density at radius 3 is 2.54 bits per heavy atom. The van der Waals surface area contributed by atoms with Crippen molar-refractivity contribution in [2.75, 3.05) is 31.1 Å². The van der Waals surface area contributed by atoms with Gasteiger partial charge in [-0.05, 0) is 24.6 Å². The minimum absolute atomic E-state index is 0.00277. The van der Waals surface area contributed by atoms with Crippen molar-refractivity contribution in [3.63, 3.8) is 0 Å². The molecule has 3 rings (SSSR count). The zero-order valence-electron chi connectivity index (χ0n) is 13.3. The molecule has 0 radical (unpaired) electrons. The van der Waals surface area contributed by atoms with Gasteiger partial charge in [-0.2, -0.15) is 4.37 Å². The van der Waals surface area contributed by atoms with Crippen LogP contribution in [0.1, 0.15) is 18.3 Å². The number of carbonyl (C=O) groups is 1. The third kappa shape index (κ3) is 4.18. The van der Waals surface area contributed by atoms with Gasteiger partial charge in [0.05, 0.1) is 0 Å². The molecule has 24 heavy (non-hydrogen) atoms. The second-order valence-corrected chi connectivity index (χ2v) is 7.55. The van der Waals surface area contributed by atoms with Crippen LogP contribution in [0.4, 0.5) is 5.13 Å². The summed E-state index contributed by atoms with van der Waals surface area (Å²) in [5.74, 6) is 0.808. The summed E-state index contributed by atoms with van der Waals surface area (Å²) >= 11 is 13.2. The van der Waals surface area contributed by atoms with Gasteiger partial charge in [0.2, 0.25) is 11.0 Å². The number of nitrogens with zero attached hydrogens (tertiary/aromatic N) is 4. The minimum atomic E-state index is -0.468. The number of amides is 1. The second kappa shape index (κ2) is 7.68. The Balaban J connectivity index is 1.58. The normalized spacial score (nSPS) is 16.3. The van der Waals surface area contributed by atoms with Crippen LogP contribution in [0.3, 0.4) is 0 Å². The van der Waals surface area contributed by atoms with Gasteiger partial charge in [0.1, 0.15) is 11.2 Å². The van der Waals surface area contributed by atoms with Crippen molar-refractivity contribution >= 4 is 45.8 Å². The molecule has 8 heteroatoms. The lowest BCUT2D eigenvalue weighted by molar-refractivity contribution is -0.130. The lowest BCUT2D eigenvalue weighted by Gasteiger charge is -2.34. The fraction of sp³-hybridized carbons (Fsp3) is 0.438. The van der Waals surface area contributed by atoms with E-state index in [1.165, 1.54) is 11.5 Å². The number of aromatic nitrogens is 2. The van der Waals surface area contributed by atoms with E-state index in [1.54, 1.807) is 6.92 Å². The number of hydrogen-bond acceptors (Lipinski definition) is 5. The zero-order valence-corrected chi connectivity index (χ0v) is 15.6. The van der Waals surface area contributed by atoms with Crippen molar-refractivity contribution in [3.05, 3.63) is 40.7 Å². The number of carbonyl (C=O) groups excluding carboxylic acids is 1. The molecular formula is C16H18Cl2N4OS. The highest BCUT2D eigenvalue weighted by Crippen LogP contribution is 2.21. The minimum Gasteiger partial charge on any atom is -0.343 e. The summed E-state index contributed by atoms with van der Waals surface area (Å²) in [4.78, 5) is 20.5. The van der Waals surface area contributed by atoms with Gasteiger partial charge in [0, 0.05) is 49.2 Å². The Morgan fingerprint density at radius 1 is 1.25 bits per heavy atom. The van der Waals surface area contributed by atoms with Crippen molar-refractivity contribution < 1.29 is 4.79 Å². The van der Waals surface area contributed by atoms with Crippen LogP contribution in [0, 0.1) is 0 Å². The first-order valence-electron chi connectivity index (χ1n) is 7.78. The number of anilines is 1. The lowest BCUT2D eigenvalue weighted by Crippen LogP contribution is -2.50. The predicted octanol–water partition coefficient (Wildman–Crippen LogP) is 3.06. The monoisotopic (exact) mass is 384 g/mol. The van der Waals surface area contributed by atoms with E-state index in [2.05, 4.69) is 14.3 Å². The van der Waals surface area contributed by atoms with Crippen molar-refractivity contribution in [1.29, 1.82) is 0 Å².